The number of H-pyrrole nitrogens is 1. The predicted octanol–water partition coefficient (Wildman–Crippen LogP) is 4.15. The summed E-state index contributed by atoms with van der Waals surface area (Å²) >= 11 is 0. The molecule has 0 amide bonds. The third-order valence-electron chi connectivity index (χ3n) is 4.01. The summed E-state index contributed by atoms with van der Waals surface area (Å²) < 4.78 is 0. The Morgan fingerprint density at radius 1 is 1.16 bits per heavy atom. The topological polar surface area (TPSA) is 27.8 Å². The van der Waals surface area contributed by atoms with Gasteiger partial charge in [-0.3, -0.25) is 0 Å². The molecule has 3 rings (SSSR count). The fraction of sp³-hybridized carbons (Fsp3) is 0.412. The van der Waals surface area contributed by atoms with Crippen molar-refractivity contribution in [3.8, 4) is 0 Å². The molecule has 0 saturated heterocycles. The number of benzene rings is 1. The van der Waals surface area contributed by atoms with Gasteiger partial charge in [0.2, 0.25) is 0 Å². The average molecular weight is 254 g/mol. The molecular formula is C17H22N2. The summed E-state index contributed by atoms with van der Waals surface area (Å²) in [5.41, 5.74) is 4.27. The fourth-order valence-corrected chi connectivity index (χ4v) is 2.91. The number of hydrogen-bond acceptors (Lipinski definition) is 1. The molecule has 1 aromatic heterocycles. The predicted molar refractivity (Wildman–Crippen MR) is 81.2 cm³/mol. The van der Waals surface area contributed by atoms with Crippen LogP contribution >= 0.6 is 0 Å². The Morgan fingerprint density at radius 3 is 3.05 bits per heavy atom. The van der Waals surface area contributed by atoms with Gasteiger partial charge < -0.3 is 10.3 Å². The highest BCUT2D eigenvalue weighted by Crippen LogP contribution is 2.20. The molecule has 2 aromatic rings. The Balaban J connectivity index is 1.52. The normalized spacial score (nSPS) is 15.7. The molecule has 2 nitrogen and oxygen atoms in total. The first-order valence-electron chi connectivity index (χ1n) is 7.37. The van der Waals surface area contributed by atoms with Crippen molar-refractivity contribution in [1.82, 2.24) is 10.3 Å². The highest BCUT2D eigenvalue weighted by molar-refractivity contribution is 5.82. The SMILES string of the molecule is C1=C(CCNCc2cccc3[nH]ccc23)CCCC1. The minimum absolute atomic E-state index is 0.961. The summed E-state index contributed by atoms with van der Waals surface area (Å²) in [6, 6.07) is 8.63. The van der Waals surface area contributed by atoms with Gasteiger partial charge in [0.25, 0.3) is 0 Å². The van der Waals surface area contributed by atoms with Crippen LogP contribution in [-0.4, -0.2) is 11.5 Å². The van der Waals surface area contributed by atoms with Crippen molar-refractivity contribution in [2.45, 2.75) is 38.6 Å². The number of allylic oxidation sites excluding steroid dienone is 1. The van der Waals surface area contributed by atoms with Crippen LogP contribution in [0, 0.1) is 0 Å². The van der Waals surface area contributed by atoms with Crippen molar-refractivity contribution in [3.63, 3.8) is 0 Å². The molecule has 0 unspecified atom stereocenters. The van der Waals surface area contributed by atoms with Crippen molar-refractivity contribution in [2.24, 2.45) is 0 Å². The molecule has 0 saturated carbocycles. The van der Waals surface area contributed by atoms with Gasteiger partial charge in [-0.1, -0.05) is 23.8 Å². The van der Waals surface area contributed by atoms with E-state index in [4.69, 9.17) is 0 Å². The van der Waals surface area contributed by atoms with Crippen LogP contribution in [0.2, 0.25) is 0 Å². The highest BCUT2D eigenvalue weighted by Gasteiger charge is 2.04. The van der Waals surface area contributed by atoms with Crippen molar-refractivity contribution < 1.29 is 0 Å². The van der Waals surface area contributed by atoms with Gasteiger partial charge in [-0.25, -0.2) is 0 Å². The van der Waals surface area contributed by atoms with E-state index in [9.17, 15) is 0 Å². The van der Waals surface area contributed by atoms with E-state index in [0.29, 0.717) is 0 Å². The number of nitrogens with one attached hydrogen (secondary N) is 2. The van der Waals surface area contributed by atoms with E-state index in [1.54, 1.807) is 5.57 Å². The van der Waals surface area contributed by atoms with Crippen molar-refractivity contribution >= 4 is 10.9 Å². The van der Waals surface area contributed by atoms with Crippen LogP contribution in [-0.2, 0) is 6.54 Å². The zero-order valence-electron chi connectivity index (χ0n) is 11.4. The summed E-state index contributed by atoms with van der Waals surface area (Å²) in [7, 11) is 0. The summed E-state index contributed by atoms with van der Waals surface area (Å²) in [5.74, 6) is 0. The molecule has 19 heavy (non-hydrogen) atoms. The molecule has 2 N–H and O–H groups in total. The largest absolute Gasteiger partial charge is 0.361 e. The van der Waals surface area contributed by atoms with Crippen LogP contribution in [0.25, 0.3) is 10.9 Å². The first-order valence-corrected chi connectivity index (χ1v) is 7.37. The molecule has 0 radical (unpaired) electrons. The first-order chi connectivity index (χ1) is 9.43. The minimum atomic E-state index is 0.961. The van der Waals surface area contributed by atoms with E-state index < -0.39 is 0 Å². The van der Waals surface area contributed by atoms with Crippen LogP contribution in [0.3, 0.4) is 0 Å². The molecule has 0 atom stereocenters. The van der Waals surface area contributed by atoms with E-state index in [-0.39, 0.29) is 0 Å². The zero-order chi connectivity index (χ0) is 12.9. The second-order valence-electron chi connectivity index (χ2n) is 5.39. The maximum Gasteiger partial charge on any atom is 0.0457 e. The lowest BCUT2D eigenvalue weighted by Crippen LogP contribution is -2.15. The standard InChI is InChI=1S/C17H22N2/c1-2-5-14(6-3-1)9-11-18-13-15-7-4-8-17-16(15)10-12-19-17/h4-5,7-8,10,12,18-19H,1-3,6,9,11,13H2. The third-order valence-corrected chi connectivity index (χ3v) is 4.01. The van der Waals surface area contributed by atoms with Crippen molar-refractivity contribution in [1.29, 1.82) is 0 Å². The van der Waals surface area contributed by atoms with Gasteiger partial charge in [0, 0.05) is 23.6 Å². The lowest BCUT2D eigenvalue weighted by molar-refractivity contribution is 0.633. The summed E-state index contributed by atoms with van der Waals surface area (Å²) in [5, 5.41) is 4.92. The summed E-state index contributed by atoms with van der Waals surface area (Å²) in [4.78, 5) is 3.27. The van der Waals surface area contributed by atoms with Gasteiger partial charge in [-0.15, -0.1) is 0 Å². The van der Waals surface area contributed by atoms with E-state index in [2.05, 4.69) is 40.6 Å². The van der Waals surface area contributed by atoms with Crippen LogP contribution < -0.4 is 5.32 Å². The quantitative estimate of drug-likeness (QED) is 0.609. The number of aromatic amines is 1. The van der Waals surface area contributed by atoms with Gasteiger partial charge in [-0.2, -0.15) is 0 Å². The average Bonchev–Trinajstić information content (AvgIpc) is 2.94. The smallest absolute Gasteiger partial charge is 0.0457 e. The molecule has 1 aromatic carbocycles. The molecule has 1 heterocycles. The Labute approximate surface area is 114 Å². The van der Waals surface area contributed by atoms with Crippen molar-refractivity contribution in [3.05, 3.63) is 47.7 Å². The molecular weight excluding hydrogens is 232 g/mol. The van der Waals surface area contributed by atoms with Crippen LogP contribution in [0.5, 0.6) is 0 Å². The van der Waals surface area contributed by atoms with Crippen LogP contribution in [0.4, 0.5) is 0 Å². The monoisotopic (exact) mass is 254 g/mol. The molecule has 1 aliphatic carbocycles. The van der Waals surface area contributed by atoms with Gasteiger partial charge in [-0.05, 0) is 56.3 Å². The molecule has 0 aliphatic heterocycles. The Morgan fingerprint density at radius 2 is 2.16 bits per heavy atom. The van der Waals surface area contributed by atoms with Gasteiger partial charge in [0.1, 0.15) is 0 Å². The van der Waals surface area contributed by atoms with Crippen molar-refractivity contribution in [2.75, 3.05) is 6.54 Å². The Kier molecular flexibility index (Phi) is 3.99. The lowest BCUT2D eigenvalue weighted by Gasteiger charge is -2.13. The first kappa shape index (κ1) is 12.5. The van der Waals surface area contributed by atoms with E-state index in [1.165, 1.54) is 48.6 Å². The highest BCUT2D eigenvalue weighted by atomic mass is 14.8. The van der Waals surface area contributed by atoms with Crippen LogP contribution in [0.1, 0.15) is 37.7 Å². The van der Waals surface area contributed by atoms with E-state index in [0.717, 1.165) is 13.1 Å². The van der Waals surface area contributed by atoms with E-state index in [1.807, 2.05) is 6.20 Å². The second kappa shape index (κ2) is 6.07. The van der Waals surface area contributed by atoms with Gasteiger partial charge in [0.05, 0.1) is 0 Å². The maximum absolute atomic E-state index is 3.58. The third kappa shape index (κ3) is 3.07. The number of hydrogen-bond donors (Lipinski definition) is 2. The molecule has 2 heteroatoms. The molecule has 0 bridgehead atoms. The van der Waals surface area contributed by atoms with Gasteiger partial charge in [0.15, 0.2) is 0 Å². The molecule has 0 fully saturated rings. The Bertz CT molecular complexity index is 565. The Hall–Kier alpha value is -1.54. The van der Waals surface area contributed by atoms with Crippen LogP contribution in [0.15, 0.2) is 42.1 Å². The molecule has 0 spiro atoms. The summed E-state index contributed by atoms with van der Waals surface area (Å²) in [6.07, 6.45) is 11.0. The summed E-state index contributed by atoms with van der Waals surface area (Å²) in [6.45, 7) is 2.05. The maximum atomic E-state index is 3.58. The van der Waals surface area contributed by atoms with Gasteiger partial charge >= 0.3 is 0 Å². The number of fused-ring (bicyclic) bond motifs is 1. The molecule has 100 valence electrons. The van der Waals surface area contributed by atoms with E-state index >= 15 is 0 Å². The molecule has 1 aliphatic rings. The number of rotatable bonds is 5. The number of aromatic nitrogens is 1. The fourth-order valence-electron chi connectivity index (χ4n) is 2.91. The second-order valence-corrected chi connectivity index (χ2v) is 5.39. The minimum Gasteiger partial charge on any atom is -0.361 e. The lowest BCUT2D eigenvalue weighted by atomic mass is 9.97. The zero-order valence-corrected chi connectivity index (χ0v) is 11.4.